The number of fused-ring (bicyclic) bond motifs is 1. The summed E-state index contributed by atoms with van der Waals surface area (Å²) in [6.07, 6.45) is 3.25. The zero-order valence-corrected chi connectivity index (χ0v) is 21.0. The zero-order chi connectivity index (χ0) is 24.7. The standard InChI is InChI=1S/C25H33N3O5S/c1-19-15-28(20(2)18-29)34(30,31)25-8-7-21(6-5-13-32-4)14-23(25)33-24(19)17-27(3)16-22-9-11-26-12-10-22/h7-12,14,19-20,24,29H,13,15-18H2,1-4H3/t19-,20-,24+/m1/s1. The molecule has 34 heavy (non-hydrogen) atoms. The number of pyridine rings is 1. The first kappa shape index (κ1) is 26.1. The van der Waals surface area contributed by atoms with Crippen LogP contribution in [-0.2, 0) is 21.3 Å². The van der Waals surface area contributed by atoms with Gasteiger partial charge in [0.05, 0.1) is 6.61 Å². The van der Waals surface area contributed by atoms with E-state index in [2.05, 4.69) is 21.7 Å². The fourth-order valence-electron chi connectivity index (χ4n) is 3.90. The summed E-state index contributed by atoms with van der Waals surface area (Å²) in [7, 11) is -0.301. The van der Waals surface area contributed by atoms with E-state index in [1.807, 2.05) is 26.1 Å². The van der Waals surface area contributed by atoms with E-state index in [1.54, 1.807) is 38.6 Å². The summed E-state index contributed by atoms with van der Waals surface area (Å²) < 4.78 is 39.8. The van der Waals surface area contributed by atoms with Crippen LogP contribution >= 0.6 is 0 Å². The van der Waals surface area contributed by atoms with Crippen molar-refractivity contribution in [1.29, 1.82) is 0 Å². The van der Waals surface area contributed by atoms with Gasteiger partial charge in [0.2, 0.25) is 10.0 Å². The average Bonchev–Trinajstić information content (AvgIpc) is 2.81. The lowest BCUT2D eigenvalue weighted by Crippen LogP contribution is -2.49. The van der Waals surface area contributed by atoms with Crippen LogP contribution in [0.3, 0.4) is 0 Å². The van der Waals surface area contributed by atoms with Crippen LogP contribution < -0.4 is 4.74 Å². The zero-order valence-electron chi connectivity index (χ0n) is 20.1. The predicted molar refractivity (Wildman–Crippen MR) is 130 cm³/mol. The summed E-state index contributed by atoms with van der Waals surface area (Å²) in [5.74, 6) is 6.02. The highest BCUT2D eigenvalue weighted by molar-refractivity contribution is 7.89. The molecule has 0 radical (unpaired) electrons. The number of hydrogen-bond acceptors (Lipinski definition) is 7. The lowest BCUT2D eigenvalue weighted by molar-refractivity contribution is 0.0733. The van der Waals surface area contributed by atoms with Gasteiger partial charge in [0.1, 0.15) is 23.4 Å². The molecule has 2 aromatic rings. The molecule has 8 nitrogen and oxygen atoms in total. The first-order chi connectivity index (χ1) is 16.3. The van der Waals surface area contributed by atoms with E-state index in [1.165, 1.54) is 10.4 Å². The number of nitrogens with zero attached hydrogens (tertiary/aromatic N) is 3. The highest BCUT2D eigenvalue weighted by Crippen LogP contribution is 2.34. The van der Waals surface area contributed by atoms with E-state index in [4.69, 9.17) is 9.47 Å². The molecule has 1 N–H and O–H groups in total. The van der Waals surface area contributed by atoms with Crippen LogP contribution in [0.25, 0.3) is 0 Å². The molecule has 3 rings (SSSR count). The highest BCUT2D eigenvalue weighted by Gasteiger charge is 2.38. The van der Waals surface area contributed by atoms with Crippen molar-refractivity contribution in [3.05, 3.63) is 53.9 Å². The van der Waals surface area contributed by atoms with Gasteiger partial charge in [-0.1, -0.05) is 18.8 Å². The Labute approximate surface area is 202 Å². The molecule has 1 aromatic carbocycles. The SMILES string of the molecule is COCC#Cc1ccc2c(c1)O[C@@H](CN(C)Cc1ccncc1)[C@H](C)CN([C@H](C)CO)S2(=O)=O. The predicted octanol–water partition coefficient (Wildman–Crippen LogP) is 1.98. The van der Waals surface area contributed by atoms with Crippen LogP contribution in [0, 0.1) is 17.8 Å². The van der Waals surface area contributed by atoms with Crippen molar-refractivity contribution < 1.29 is 23.0 Å². The quantitative estimate of drug-likeness (QED) is 0.597. The summed E-state index contributed by atoms with van der Waals surface area (Å²) in [6.45, 7) is 5.23. The number of aromatic nitrogens is 1. The molecule has 1 aliphatic rings. The molecule has 0 spiro atoms. The van der Waals surface area contributed by atoms with Gasteiger partial charge in [-0.25, -0.2) is 8.42 Å². The van der Waals surface area contributed by atoms with E-state index < -0.39 is 16.1 Å². The van der Waals surface area contributed by atoms with Crippen molar-refractivity contribution in [3.63, 3.8) is 0 Å². The van der Waals surface area contributed by atoms with Crippen molar-refractivity contribution in [2.45, 2.75) is 37.4 Å². The van der Waals surface area contributed by atoms with E-state index in [9.17, 15) is 13.5 Å². The fraction of sp³-hybridized carbons (Fsp3) is 0.480. The lowest BCUT2D eigenvalue weighted by Gasteiger charge is -2.37. The van der Waals surface area contributed by atoms with Crippen LogP contribution in [0.4, 0.5) is 0 Å². The molecule has 0 fully saturated rings. The van der Waals surface area contributed by atoms with Gasteiger partial charge < -0.3 is 14.6 Å². The van der Waals surface area contributed by atoms with Crippen LogP contribution in [-0.4, -0.2) is 80.3 Å². The van der Waals surface area contributed by atoms with Gasteiger partial charge in [0.15, 0.2) is 0 Å². The minimum Gasteiger partial charge on any atom is -0.487 e. The maximum absolute atomic E-state index is 13.5. The number of ether oxygens (including phenoxy) is 2. The van der Waals surface area contributed by atoms with Crippen molar-refractivity contribution in [3.8, 4) is 17.6 Å². The van der Waals surface area contributed by atoms with E-state index >= 15 is 0 Å². The molecule has 184 valence electrons. The van der Waals surface area contributed by atoms with E-state index in [0.29, 0.717) is 18.7 Å². The summed E-state index contributed by atoms with van der Waals surface area (Å²) >= 11 is 0. The highest BCUT2D eigenvalue weighted by atomic mass is 32.2. The number of methoxy groups -OCH3 is 1. The minimum atomic E-state index is -3.87. The monoisotopic (exact) mass is 487 g/mol. The molecule has 0 amide bonds. The number of hydrogen-bond donors (Lipinski definition) is 1. The topological polar surface area (TPSA) is 92.2 Å². The Morgan fingerprint density at radius 3 is 2.74 bits per heavy atom. The van der Waals surface area contributed by atoms with E-state index in [-0.39, 0.29) is 42.4 Å². The molecule has 0 aliphatic carbocycles. The Kier molecular flexibility index (Phi) is 9.05. The minimum absolute atomic E-state index is 0.0822. The maximum Gasteiger partial charge on any atom is 0.247 e. The summed E-state index contributed by atoms with van der Waals surface area (Å²) in [4.78, 5) is 6.29. The molecule has 0 bridgehead atoms. The Morgan fingerprint density at radius 1 is 1.32 bits per heavy atom. The molecular formula is C25H33N3O5S. The van der Waals surface area contributed by atoms with Gasteiger partial charge in [-0.05, 0) is 49.9 Å². The fourth-order valence-corrected chi connectivity index (χ4v) is 5.73. The van der Waals surface area contributed by atoms with Crippen molar-refractivity contribution in [2.75, 3.05) is 40.5 Å². The van der Waals surface area contributed by atoms with Crippen LogP contribution in [0.5, 0.6) is 5.75 Å². The number of rotatable bonds is 7. The van der Waals surface area contributed by atoms with Crippen molar-refractivity contribution >= 4 is 10.0 Å². The average molecular weight is 488 g/mol. The van der Waals surface area contributed by atoms with Gasteiger partial charge in [0, 0.05) is 56.7 Å². The lowest BCUT2D eigenvalue weighted by atomic mass is 10.0. The second kappa shape index (κ2) is 11.8. The van der Waals surface area contributed by atoms with Crippen LogP contribution in [0.15, 0.2) is 47.6 Å². The third-order valence-corrected chi connectivity index (χ3v) is 7.83. The number of aliphatic hydroxyl groups is 1. The third-order valence-electron chi connectivity index (χ3n) is 5.81. The smallest absolute Gasteiger partial charge is 0.247 e. The van der Waals surface area contributed by atoms with Crippen LogP contribution in [0.2, 0.25) is 0 Å². The molecule has 1 aromatic heterocycles. The Bertz CT molecular complexity index is 1110. The molecule has 9 heteroatoms. The third kappa shape index (κ3) is 6.34. The molecule has 0 saturated carbocycles. The second-order valence-electron chi connectivity index (χ2n) is 8.69. The van der Waals surface area contributed by atoms with Gasteiger partial charge in [-0.3, -0.25) is 9.88 Å². The van der Waals surface area contributed by atoms with Gasteiger partial charge >= 0.3 is 0 Å². The molecule has 1 aliphatic heterocycles. The van der Waals surface area contributed by atoms with Crippen LogP contribution in [0.1, 0.15) is 25.0 Å². The Morgan fingerprint density at radius 2 is 2.06 bits per heavy atom. The summed E-state index contributed by atoms with van der Waals surface area (Å²) in [5, 5.41) is 9.77. The maximum atomic E-state index is 13.5. The second-order valence-corrected chi connectivity index (χ2v) is 10.5. The number of aliphatic hydroxyl groups excluding tert-OH is 1. The summed E-state index contributed by atoms with van der Waals surface area (Å²) in [6, 6.07) is 8.25. The van der Waals surface area contributed by atoms with Crippen molar-refractivity contribution in [2.24, 2.45) is 5.92 Å². The summed E-state index contributed by atoms with van der Waals surface area (Å²) in [5.41, 5.74) is 1.77. The first-order valence-electron chi connectivity index (χ1n) is 11.2. The number of benzene rings is 1. The first-order valence-corrected chi connectivity index (χ1v) is 12.7. The number of likely N-dealkylation sites (N-methyl/N-ethyl adjacent to an activating group) is 1. The normalized spacial score (nSPS) is 20.9. The molecule has 0 saturated heterocycles. The van der Waals surface area contributed by atoms with E-state index in [0.717, 1.165) is 5.56 Å². The largest absolute Gasteiger partial charge is 0.487 e. The molecule has 3 atom stereocenters. The van der Waals surface area contributed by atoms with Gasteiger partial charge in [-0.2, -0.15) is 4.31 Å². The Balaban J connectivity index is 1.97. The number of sulfonamides is 1. The van der Waals surface area contributed by atoms with Gasteiger partial charge in [-0.15, -0.1) is 0 Å². The molecule has 2 heterocycles. The van der Waals surface area contributed by atoms with Crippen molar-refractivity contribution in [1.82, 2.24) is 14.2 Å². The molecular weight excluding hydrogens is 454 g/mol. The van der Waals surface area contributed by atoms with Gasteiger partial charge in [0.25, 0.3) is 0 Å². The Hall–Kier alpha value is -2.48. The molecule has 0 unspecified atom stereocenters.